The Morgan fingerprint density at radius 3 is 2.41 bits per heavy atom. The van der Waals surface area contributed by atoms with E-state index in [0.29, 0.717) is 75.5 Å². The van der Waals surface area contributed by atoms with Crippen molar-refractivity contribution in [1.82, 2.24) is 9.47 Å². The summed E-state index contributed by atoms with van der Waals surface area (Å²) in [6.45, 7) is 7.18. The third-order valence-electron chi connectivity index (χ3n) is 7.52. The molecule has 13 heteroatoms. The van der Waals surface area contributed by atoms with Gasteiger partial charge in [-0.15, -0.1) is 0 Å². The summed E-state index contributed by atoms with van der Waals surface area (Å²) in [5.74, 6) is 1.10. The standard InChI is InChI=1S/C33H37N3O9S/c1-19(2)45-32(39)29-20(3)34-33-36(30(29)23-17-22(40-4)8-10-24(23)41-5)31(38)27(46-33)16-21-7-9-25(26(15-21)42-6)44-18-28(37)35-11-13-43-14-12-35/h7-10,15-17,19,30H,11-14,18H2,1-6H3/b27-16-/t30-/m0/s1. The molecule has 3 heterocycles. The Morgan fingerprint density at radius 2 is 1.74 bits per heavy atom. The molecule has 0 spiro atoms. The number of morpholine rings is 1. The third-order valence-corrected chi connectivity index (χ3v) is 8.50. The zero-order valence-electron chi connectivity index (χ0n) is 26.7. The zero-order valence-corrected chi connectivity index (χ0v) is 27.5. The average molecular weight is 652 g/mol. The number of nitrogens with zero attached hydrogens (tertiary/aromatic N) is 3. The van der Waals surface area contributed by atoms with E-state index in [2.05, 4.69) is 4.99 Å². The van der Waals surface area contributed by atoms with Crippen LogP contribution in [0.25, 0.3) is 6.08 Å². The molecule has 0 radical (unpaired) electrons. The van der Waals surface area contributed by atoms with Gasteiger partial charge in [0.15, 0.2) is 22.9 Å². The molecule has 0 N–H and O–H groups in total. The highest BCUT2D eigenvalue weighted by Crippen LogP contribution is 2.38. The largest absolute Gasteiger partial charge is 0.497 e. The van der Waals surface area contributed by atoms with Gasteiger partial charge in [-0.05, 0) is 62.7 Å². The van der Waals surface area contributed by atoms with Crippen LogP contribution in [-0.4, -0.2) is 81.7 Å². The average Bonchev–Trinajstić information content (AvgIpc) is 3.36. The van der Waals surface area contributed by atoms with Crippen LogP contribution in [0, 0.1) is 0 Å². The van der Waals surface area contributed by atoms with Gasteiger partial charge in [-0.3, -0.25) is 14.2 Å². The van der Waals surface area contributed by atoms with Crippen LogP contribution in [0.2, 0.25) is 0 Å². The normalized spacial score (nSPS) is 16.5. The topological polar surface area (TPSA) is 127 Å². The lowest BCUT2D eigenvalue weighted by Crippen LogP contribution is -2.43. The second-order valence-electron chi connectivity index (χ2n) is 10.8. The number of methoxy groups -OCH3 is 3. The molecule has 12 nitrogen and oxygen atoms in total. The van der Waals surface area contributed by atoms with Gasteiger partial charge in [-0.2, -0.15) is 0 Å². The van der Waals surface area contributed by atoms with Crippen molar-refractivity contribution >= 4 is 29.3 Å². The molecule has 0 saturated carbocycles. The molecule has 1 fully saturated rings. The van der Waals surface area contributed by atoms with Gasteiger partial charge in [0.05, 0.1) is 56.4 Å². The Morgan fingerprint density at radius 1 is 1.02 bits per heavy atom. The number of benzene rings is 2. The summed E-state index contributed by atoms with van der Waals surface area (Å²) < 4.78 is 35.3. The van der Waals surface area contributed by atoms with Crippen LogP contribution >= 0.6 is 11.3 Å². The number of amides is 1. The molecule has 1 saturated heterocycles. The second-order valence-corrected chi connectivity index (χ2v) is 11.8. The molecule has 3 aromatic rings. The number of rotatable bonds is 10. The first kappa shape index (κ1) is 32.8. The van der Waals surface area contributed by atoms with Crippen molar-refractivity contribution in [2.45, 2.75) is 32.9 Å². The maximum absolute atomic E-state index is 14.1. The van der Waals surface area contributed by atoms with Crippen LogP contribution in [0.5, 0.6) is 23.0 Å². The number of fused-ring (bicyclic) bond motifs is 1. The van der Waals surface area contributed by atoms with Crippen molar-refractivity contribution in [3.63, 3.8) is 0 Å². The second kappa shape index (κ2) is 14.2. The molecule has 2 aromatic carbocycles. The van der Waals surface area contributed by atoms with Gasteiger partial charge < -0.3 is 33.3 Å². The molecule has 0 bridgehead atoms. The fourth-order valence-electron chi connectivity index (χ4n) is 5.30. The molecule has 2 aliphatic rings. The molecule has 1 amide bonds. The van der Waals surface area contributed by atoms with E-state index in [1.807, 2.05) is 0 Å². The van der Waals surface area contributed by atoms with Gasteiger partial charge >= 0.3 is 5.97 Å². The number of aromatic nitrogens is 1. The number of carbonyl (C=O) groups is 2. The number of thiazole rings is 1. The summed E-state index contributed by atoms with van der Waals surface area (Å²) in [5.41, 5.74) is 1.53. The Labute approximate surface area is 270 Å². The highest BCUT2D eigenvalue weighted by Gasteiger charge is 2.36. The quantitative estimate of drug-likeness (QED) is 0.304. The van der Waals surface area contributed by atoms with Crippen LogP contribution in [0.1, 0.15) is 37.9 Å². The van der Waals surface area contributed by atoms with Gasteiger partial charge in [0.2, 0.25) is 0 Å². The van der Waals surface area contributed by atoms with Crippen molar-refractivity contribution < 1.29 is 38.0 Å². The van der Waals surface area contributed by atoms with Gasteiger partial charge in [-0.25, -0.2) is 9.79 Å². The Balaban J connectivity index is 1.55. The molecule has 0 aliphatic carbocycles. The maximum atomic E-state index is 14.1. The predicted octanol–water partition coefficient (Wildman–Crippen LogP) is 2.45. The lowest BCUT2D eigenvalue weighted by atomic mass is 9.94. The smallest absolute Gasteiger partial charge is 0.338 e. The summed E-state index contributed by atoms with van der Waals surface area (Å²) in [6, 6.07) is 9.53. The zero-order chi connectivity index (χ0) is 33.0. The van der Waals surface area contributed by atoms with Crippen LogP contribution < -0.4 is 33.8 Å². The highest BCUT2D eigenvalue weighted by atomic mass is 32.1. The summed E-state index contributed by atoms with van der Waals surface area (Å²) >= 11 is 1.20. The van der Waals surface area contributed by atoms with Crippen molar-refractivity contribution in [3.05, 3.63) is 78.5 Å². The Hall–Kier alpha value is -4.62. The lowest BCUT2D eigenvalue weighted by Gasteiger charge is -2.26. The first-order valence-electron chi connectivity index (χ1n) is 14.8. The molecule has 46 heavy (non-hydrogen) atoms. The SMILES string of the molecule is COc1ccc(OC)c([C@H]2C(C(=O)OC(C)C)=C(C)N=c3s/c(=C\c4ccc(OCC(=O)N5CCOCC5)c(OC)c4)c(=O)n32)c1. The number of esters is 1. The number of hydrogen-bond acceptors (Lipinski definition) is 11. The number of carbonyl (C=O) groups excluding carboxylic acids is 2. The van der Waals surface area contributed by atoms with Gasteiger partial charge in [0.1, 0.15) is 17.5 Å². The molecule has 0 unspecified atom stereocenters. The van der Waals surface area contributed by atoms with E-state index in [-0.39, 0.29) is 29.8 Å². The number of ether oxygens (including phenoxy) is 6. The molecule has 1 aromatic heterocycles. The molecule has 1 atom stereocenters. The van der Waals surface area contributed by atoms with Crippen molar-refractivity contribution in [1.29, 1.82) is 0 Å². The van der Waals surface area contributed by atoms with E-state index in [1.165, 1.54) is 30.1 Å². The fraction of sp³-hybridized carbons (Fsp3) is 0.394. The number of hydrogen-bond donors (Lipinski definition) is 0. The molecular weight excluding hydrogens is 614 g/mol. The van der Waals surface area contributed by atoms with Crippen LogP contribution in [0.15, 0.2) is 57.5 Å². The lowest BCUT2D eigenvalue weighted by molar-refractivity contribution is -0.143. The summed E-state index contributed by atoms with van der Waals surface area (Å²) in [7, 11) is 4.57. The highest BCUT2D eigenvalue weighted by molar-refractivity contribution is 7.07. The van der Waals surface area contributed by atoms with E-state index in [0.717, 1.165) is 0 Å². The first-order chi connectivity index (χ1) is 22.1. The monoisotopic (exact) mass is 651 g/mol. The van der Waals surface area contributed by atoms with Crippen molar-refractivity contribution in [3.8, 4) is 23.0 Å². The fourth-order valence-corrected chi connectivity index (χ4v) is 6.34. The number of allylic oxidation sites excluding steroid dienone is 1. The van der Waals surface area contributed by atoms with Gasteiger partial charge in [0.25, 0.3) is 11.5 Å². The summed E-state index contributed by atoms with van der Waals surface area (Å²) in [6.07, 6.45) is 1.34. The minimum absolute atomic E-state index is 0.135. The van der Waals surface area contributed by atoms with E-state index in [4.69, 9.17) is 28.4 Å². The third kappa shape index (κ3) is 6.80. The van der Waals surface area contributed by atoms with E-state index in [1.54, 1.807) is 75.3 Å². The van der Waals surface area contributed by atoms with E-state index < -0.39 is 12.0 Å². The van der Waals surface area contributed by atoms with Crippen molar-refractivity contribution in [2.75, 3.05) is 54.2 Å². The Kier molecular flexibility index (Phi) is 10.1. The molecular formula is C33H37N3O9S. The Bertz CT molecular complexity index is 1840. The van der Waals surface area contributed by atoms with Crippen LogP contribution in [0.4, 0.5) is 0 Å². The van der Waals surface area contributed by atoms with E-state index in [9.17, 15) is 14.4 Å². The molecule has 5 rings (SSSR count). The minimum atomic E-state index is -0.885. The molecule has 2 aliphatic heterocycles. The van der Waals surface area contributed by atoms with Gasteiger partial charge in [-0.1, -0.05) is 17.4 Å². The maximum Gasteiger partial charge on any atom is 0.338 e. The first-order valence-corrected chi connectivity index (χ1v) is 15.6. The van der Waals surface area contributed by atoms with E-state index >= 15 is 0 Å². The molecule has 244 valence electrons. The summed E-state index contributed by atoms with van der Waals surface area (Å²) in [4.78, 5) is 46.9. The van der Waals surface area contributed by atoms with Crippen LogP contribution in [-0.2, 0) is 19.1 Å². The minimum Gasteiger partial charge on any atom is -0.497 e. The van der Waals surface area contributed by atoms with Crippen LogP contribution in [0.3, 0.4) is 0 Å². The summed E-state index contributed by atoms with van der Waals surface area (Å²) in [5, 5.41) is 0. The van der Waals surface area contributed by atoms with Crippen molar-refractivity contribution in [2.24, 2.45) is 4.99 Å². The van der Waals surface area contributed by atoms with Gasteiger partial charge in [0, 0.05) is 18.7 Å². The predicted molar refractivity (Wildman–Crippen MR) is 170 cm³/mol.